The number of rotatable bonds is 5. The highest BCUT2D eigenvalue weighted by Crippen LogP contribution is 2.66. The quantitative estimate of drug-likeness (QED) is 0.459. The first-order chi connectivity index (χ1) is 16.7. The lowest BCUT2D eigenvalue weighted by atomic mass is 9.61. The second kappa shape index (κ2) is 7.75. The molecule has 0 saturated heterocycles. The van der Waals surface area contributed by atoms with Crippen LogP contribution in [0.3, 0.4) is 0 Å². The largest absolute Gasteiger partial charge is 0.416 e. The summed E-state index contributed by atoms with van der Waals surface area (Å²) in [5.74, 6) is 0.0371. The van der Waals surface area contributed by atoms with Gasteiger partial charge < -0.3 is 5.11 Å². The van der Waals surface area contributed by atoms with E-state index in [0.717, 1.165) is 48.3 Å². The van der Waals surface area contributed by atoms with Crippen LogP contribution in [0.15, 0.2) is 54.4 Å². The number of alkyl halides is 3. The van der Waals surface area contributed by atoms with E-state index in [1.165, 1.54) is 23.9 Å². The summed E-state index contributed by atoms with van der Waals surface area (Å²) in [7, 11) is 0. The van der Waals surface area contributed by atoms with Crippen molar-refractivity contribution in [3.63, 3.8) is 0 Å². The zero-order valence-corrected chi connectivity index (χ0v) is 19.0. The molecule has 3 aromatic rings. The molecule has 2 heterocycles. The molecule has 2 aromatic heterocycles. The second-order valence-corrected chi connectivity index (χ2v) is 10.1. The standard InChI is InChI=1S/C27H25F4N3O/c28-21-3-5-23(6-4-21)34-24-14-19-7-10-25(35,26(19,18-1-2-18)15-17(24)16-33-34)11-8-22-13-20(9-12-32-22)27(29,30)31/h3-6,9,12-14,16,18,35H,1-2,7-8,10-11,15H2/t25-,26-/m1/s1. The number of aliphatic hydroxyl groups is 1. The number of hydrogen-bond acceptors (Lipinski definition) is 3. The van der Waals surface area contributed by atoms with Crippen molar-refractivity contribution in [2.45, 2.75) is 56.7 Å². The molecule has 6 rings (SSSR count). The van der Waals surface area contributed by atoms with Crippen LogP contribution in [0, 0.1) is 17.2 Å². The van der Waals surface area contributed by atoms with Crippen molar-refractivity contribution in [1.82, 2.24) is 14.8 Å². The molecule has 0 unspecified atom stereocenters. The molecule has 0 aliphatic heterocycles. The lowest BCUT2D eigenvalue weighted by molar-refractivity contribution is -0.137. The maximum atomic E-state index is 13.4. The maximum Gasteiger partial charge on any atom is 0.416 e. The van der Waals surface area contributed by atoms with E-state index in [1.807, 2.05) is 10.9 Å². The van der Waals surface area contributed by atoms with E-state index in [-0.39, 0.29) is 12.2 Å². The molecule has 2 atom stereocenters. The van der Waals surface area contributed by atoms with Gasteiger partial charge in [0.25, 0.3) is 0 Å². The van der Waals surface area contributed by atoms with Crippen LogP contribution in [-0.4, -0.2) is 25.5 Å². The average Bonchev–Trinajstić information content (AvgIpc) is 3.55. The van der Waals surface area contributed by atoms with Crippen LogP contribution in [0.25, 0.3) is 11.8 Å². The highest BCUT2D eigenvalue weighted by atomic mass is 19.4. The number of fused-ring (bicyclic) bond motifs is 2. The van der Waals surface area contributed by atoms with Gasteiger partial charge in [0.15, 0.2) is 0 Å². The molecule has 182 valence electrons. The zero-order valence-electron chi connectivity index (χ0n) is 19.0. The summed E-state index contributed by atoms with van der Waals surface area (Å²) in [5.41, 5.74) is 2.12. The average molecular weight is 484 g/mol. The van der Waals surface area contributed by atoms with E-state index in [9.17, 15) is 22.7 Å². The van der Waals surface area contributed by atoms with Gasteiger partial charge in [-0.15, -0.1) is 0 Å². The highest BCUT2D eigenvalue weighted by Gasteiger charge is 2.63. The van der Waals surface area contributed by atoms with Gasteiger partial charge >= 0.3 is 6.18 Å². The van der Waals surface area contributed by atoms with Crippen LogP contribution in [0.5, 0.6) is 0 Å². The van der Waals surface area contributed by atoms with Gasteiger partial charge in [0.1, 0.15) is 5.82 Å². The van der Waals surface area contributed by atoms with Gasteiger partial charge in [0.05, 0.1) is 28.7 Å². The van der Waals surface area contributed by atoms with Crippen molar-refractivity contribution in [1.29, 1.82) is 0 Å². The molecular weight excluding hydrogens is 458 g/mol. The third kappa shape index (κ3) is 3.61. The van der Waals surface area contributed by atoms with Crippen LogP contribution >= 0.6 is 0 Å². The summed E-state index contributed by atoms with van der Waals surface area (Å²) in [6.07, 6.45) is 5.38. The summed E-state index contributed by atoms with van der Waals surface area (Å²) in [4.78, 5) is 4.15. The molecule has 1 aromatic carbocycles. The first-order valence-corrected chi connectivity index (χ1v) is 12.0. The van der Waals surface area contributed by atoms with E-state index in [0.29, 0.717) is 30.9 Å². The zero-order chi connectivity index (χ0) is 24.4. The summed E-state index contributed by atoms with van der Waals surface area (Å²) in [6.45, 7) is 0. The molecule has 2 fully saturated rings. The number of pyridine rings is 1. The van der Waals surface area contributed by atoms with Crippen molar-refractivity contribution in [3.8, 4) is 5.69 Å². The minimum Gasteiger partial charge on any atom is -0.389 e. The van der Waals surface area contributed by atoms with Crippen molar-refractivity contribution < 1.29 is 22.7 Å². The topological polar surface area (TPSA) is 50.9 Å². The van der Waals surface area contributed by atoms with Gasteiger partial charge in [-0.05, 0) is 98.9 Å². The van der Waals surface area contributed by atoms with Crippen LogP contribution in [0.4, 0.5) is 17.6 Å². The molecule has 0 amide bonds. The Balaban J connectivity index is 1.32. The van der Waals surface area contributed by atoms with Gasteiger partial charge in [-0.3, -0.25) is 4.98 Å². The van der Waals surface area contributed by atoms with Gasteiger partial charge in [-0.1, -0.05) is 5.57 Å². The fourth-order valence-corrected chi connectivity index (χ4v) is 6.34. The Morgan fingerprint density at radius 3 is 2.60 bits per heavy atom. The Morgan fingerprint density at radius 1 is 1.11 bits per heavy atom. The molecular formula is C27H25F4N3O. The van der Waals surface area contributed by atoms with Crippen LogP contribution < -0.4 is 0 Å². The number of halogens is 4. The van der Waals surface area contributed by atoms with E-state index in [4.69, 9.17) is 0 Å². The van der Waals surface area contributed by atoms with E-state index < -0.39 is 22.8 Å². The molecule has 8 heteroatoms. The first-order valence-electron chi connectivity index (χ1n) is 12.0. The van der Waals surface area contributed by atoms with Crippen LogP contribution in [-0.2, 0) is 19.0 Å². The molecule has 1 N–H and O–H groups in total. The summed E-state index contributed by atoms with van der Waals surface area (Å²) in [5, 5.41) is 16.6. The SMILES string of the molecule is O[C@@]1(CCc2cc(C(F)(F)F)ccn2)CCC2=Cc3c(cnn3-c3ccc(F)cc3)C[C@@]21C1CC1. The fraction of sp³-hybridized carbons (Fsp3) is 0.407. The highest BCUT2D eigenvalue weighted by molar-refractivity contribution is 5.63. The van der Waals surface area contributed by atoms with Crippen molar-refractivity contribution >= 4 is 6.08 Å². The predicted molar refractivity (Wildman–Crippen MR) is 122 cm³/mol. The Bertz CT molecular complexity index is 1310. The number of aromatic nitrogens is 3. The molecule has 35 heavy (non-hydrogen) atoms. The smallest absolute Gasteiger partial charge is 0.389 e. The number of benzene rings is 1. The minimum atomic E-state index is -4.42. The monoisotopic (exact) mass is 483 g/mol. The van der Waals surface area contributed by atoms with Crippen molar-refractivity contribution in [2.75, 3.05) is 0 Å². The lowest BCUT2D eigenvalue weighted by Crippen LogP contribution is -2.49. The maximum absolute atomic E-state index is 13.4. The van der Waals surface area contributed by atoms with Gasteiger partial charge in [0.2, 0.25) is 0 Å². The van der Waals surface area contributed by atoms with Gasteiger partial charge in [-0.2, -0.15) is 18.3 Å². The van der Waals surface area contributed by atoms with Crippen molar-refractivity contribution in [3.05, 3.63) is 82.7 Å². The van der Waals surface area contributed by atoms with Crippen LogP contribution in [0.1, 0.15) is 54.6 Å². The Hall–Kier alpha value is -3.00. The lowest BCUT2D eigenvalue weighted by Gasteiger charge is -2.46. The second-order valence-electron chi connectivity index (χ2n) is 10.1. The molecule has 0 radical (unpaired) electrons. The number of hydrogen-bond donors (Lipinski definition) is 1. The third-order valence-corrected chi connectivity index (χ3v) is 8.16. The van der Waals surface area contributed by atoms with Crippen LogP contribution in [0.2, 0.25) is 0 Å². The fourth-order valence-electron chi connectivity index (χ4n) is 6.34. The Morgan fingerprint density at radius 2 is 1.89 bits per heavy atom. The van der Waals surface area contributed by atoms with Gasteiger partial charge in [-0.25, -0.2) is 9.07 Å². The first kappa shape index (κ1) is 22.5. The third-order valence-electron chi connectivity index (χ3n) is 8.16. The Labute approximate surface area is 200 Å². The summed E-state index contributed by atoms with van der Waals surface area (Å²) < 4.78 is 54.7. The van der Waals surface area contributed by atoms with E-state index in [1.54, 1.807) is 12.1 Å². The van der Waals surface area contributed by atoms with Crippen molar-refractivity contribution in [2.24, 2.45) is 11.3 Å². The van der Waals surface area contributed by atoms with E-state index in [2.05, 4.69) is 16.2 Å². The molecule has 0 bridgehead atoms. The Kier molecular flexibility index (Phi) is 4.97. The molecule has 3 aliphatic carbocycles. The predicted octanol–water partition coefficient (Wildman–Crippen LogP) is 5.92. The van der Waals surface area contributed by atoms with E-state index >= 15 is 0 Å². The summed E-state index contributed by atoms with van der Waals surface area (Å²) >= 11 is 0. The van der Waals surface area contributed by atoms with Gasteiger partial charge in [0, 0.05) is 17.3 Å². The number of nitrogens with zero attached hydrogens (tertiary/aromatic N) is 3. The molecule has 0 spiro atoms. The minimum absolute atomic E-state index is 0.282. The number of aryl methyl sites for hydroxylation is 1. The molecule has 4 nitrogen and oxygen atoms in total. The summed E-state index contributed by atoms with van der Waals surface area (Å²) in [6, 6.07) is 8.26. The molecule has 3 aliphatic rings. The molecule has 2 saturated carbocycles. The normalized spacial score (nSPS) is 25.8.